The van der Waals surface area contributed by atoms with Crippen molar-refractivity contribution in [3.8, 4) is 5.75 Å². The van der Waals surface area contributed by atoms with Crippen molar-refractivity contribution in [2.45, 2.75) is 25.6 Å². The smallest absolute Gasteiger partial charge is 0.309 e. The number of hydrogen-bond acceptors (Lipinski definition) is 7. The summed E-state index contributed by atoms with van der Waals surface area (Å²) in [5.74, 6) is -0.422. The Kier molecular flexibility index (Phi) is 8.33. The average molecular weight is 494 g/mol. The first-order chi connectivity index (χ1) is 17.0. The zero-order valence-electron chi connectivity index (χ0n) is 20.0. The minimum Gasteiger partial charge on any atom is -0.497 e. The van der Waals surface area contributed by atoms with Gasteiger partial charge in [-0.3, -0.25) is 19.5 Å². The summed E-state index contributed by atoms with van der Waals surface area (Å²) in [5.41, 5.74) is 2.01. The van der Waals surface area contributed by atoms with Crippen LogP contribution in [-0.2, 0) is 16.1 Å². The van der Waals surface area contributed by atoms with E-state index in [-0.39, 0.29) is 18.6 Å². The maximum Gasteiger partial charge on any atom is 0.309 e. The zero-order chi connectivity index (χ0) is 24.6. The van der Waals surface area contributed by atoms with Crippen molar-refractivity contribution < 1.29 is 14.3 Å². The number of piperazine rings is 1. The summed E-state index contributed by atoms with van der Waals surface area (Å²) in [7, 11) is 1.67. The highest BCUT2D eigenvalue weighted by Crippen LogP contribution is 2.30. The Hall–Kier alpha value is -3.43. The van der Waals surface area contributed by atoms with Crippen LogP contribution in [0.3, 0.4) is 0 Å². The number of ether oxygens (including phenoxy) is 1. The fourth-order valence-electron chi connectivity index (χ4n) is 4.37. The van der Waals surface area contributed by atoms with Crippen molar-refractivity contribution in [3.05, 3.63) is 76.7 Å². The molecule has 184 valence electrons. The summed E-state index contributed by atoms with van der Waals surface area (Å²) < 4.78 is 5.27. The van der Waals surface area contributed by atoms with Crippen molar-refractivity contribution in [1.29, 1.82) is 0 Å². The molecule has 1 aliphatic heterocycles. The molecule has 9 heteroatoms. The molecular weight excluding hydrogens is 462 g/mol. The minimum atomic E-state index is -0.644. The number of carbonyl (C=O) groups is 2. The number of aromatic nitrogens is 1. The van der Waals surface area contributed by atoms with Gasteiger partial charge in [0, 0.05) is 61.7 Å². The molecule has 2 amide bonds. The number of amides is 2. The summed E-state index contributed by atoms with van der Waals surface area (Å²) in [4.78, 5) is 35.0. The van der Waals surface area contributed by atoms with E-state index in [9.17, 15) is 9.59 Å². The number of thiophene rings is 1. The van der Waals surface area contributed by atoms with Crippen LogP contribution < -0.4 is 20.3 Å². The van der Waals surface area contributed by atoms with Crippen molar-refractivity contribution in [1.82, 2.24) is 20.5 Å². The van der Waals surface area contributed by atoms with Crippen LogP contribution >= 0.6 is 11.3 Å². The molecule has 1 aromatic carbocycles. The van der Waals surface area contributed by atoms with E-state index in [1.807, 2.05) is 36.6 Å². The first-order valence-electron chi connectivity index (χ1n) is 11.7. The molecule has 2 atom stereocenters. The molecule has 2 N–H and O–H groups in total. The standard InChI is InChI=1S/C26H31N5O3S/c1-19(29-26(33)25(32)28-18-20-5-3-11-27-17-20)24(23-6-4-16-35-23)31-14-12-30(13-15-31)21-7-9-22(34-2)10-8-21/h3-11,16-17,19,24H,12-15,18H2,1-2H3,(H,28,32)(H,29,33). The van der Waals surface area contributed by atoms with Gasteiger partial charge in [-0.15, -0.1) is 11.3 Å². The Morgan fingerprint density at radius 2 is 1.83 bits per heavy atom. The van der Waals surface area contributed by atoms with E-state index in [0.717, 1.165) is 37.5 Å². The lowest BCUT2D eigenvalue weighted by Crippen LogP contribution is -2.53. The normalized spacial score (nSPS) is 15.8. The second-order valence-electron chi connectivity index (χ2n) is 8.49. The Morgan fingerprint density at radius 3 is 2.46 bits per heavy atom. The van der Waals surface area contributed by atoms with Gasteiger partial charge < -0.3 is 20.3 Å². The van der Waals surface area contributed by atoms with Crippen LogP contribution in [0.2, 0.25) is 0 Å². The van der Waals surface area contributed by atoms with Crippen molar-refractivity contribution >= 4 is 28.8 Å². The van der Waals surface area contributed by atoms with E-state index in [1.54, 1.807) is 36.9 Å². The molecule has 35 heavy (non-hydrogen) atoms. The third-order valence-electron chi connectivity index (χ3n) is 6.19. The highest BCUT2D eigenvalue weighted by molar-refractivity contribution is 7.10. The first kappa shape index (κ1) is 24.7. The van der Waals surface area contributed by atoms with E-state index in [1.165, 1.54) is 10.6 Å². The predicted molar refractivity (Wildman–Crippen MR) is 138 cm³/mol. The maximum absolute atomic E-state index is 12.6. The third-order valence-corrected chi connectivity index (χ3v) is 7.14. The Morgan fingerprint density at radius 1 is 1.06 bits per heavy atom. The van der Waals surface area contributed by atoms with Gasteiger partial charge in [0.2, 0.25) is 0 Å². The fraction of sp³-hybridized carbons (Fsp3) is 0.346. The van der Waals surface area contributed by atoms with Crippen LogP contribution in [0.4, 0.5) is 5.69 Å². The van der Waals surface area contributed by atoms with E-state index in [2.05, 4.69) is 43.6 Å². The lowest BCUT2D eigenvalue weighted by atomic mass is 10.0. The van der Waals surface area contributed by atoms with E-state index >= 15 is 0 Å². The molecule has 1 saturated heterocycles. The first-order valence-corrected chi connectivity index (χ1v) is 12.6. The van der Waals surface area contributed by atoms with Gasteiger partial charge >= 0.3 is 11.8 Å². The summed E-state index contributed by atoms with van der Waals surface area (Å²) in [6.07, 6.45) is 3.33. The molecule has 2 aromatic heterocycles. The minimum absolute atomic E-state index is 0.0110. The summed E-state index contributed by atoms with van der Waals surface area (Å²) in [6, 6.07) is 15.6. The zero-order valence-corrected chi connectivity index (χ0v) is 20.8. The second-order valence-corrected chi connectivity index (χ2v) is 9.47. The third kappa shape index (κ3) is 6.37. The number of carbonyl (C=O) groups excluding carboxylic acids is 2. The van der Waals surface area contributed by atoms with Crippen molar-refractivity contribution in [3.63, 3.8) is 0 Å². The van der Waals surface area contributed by atoms with Crippen LogP contribution in [0.15, 0.2) is 66.3 Å². The lowest BCUT2D eigenvalue weighted by Gasteiger charge is -2.42. The average Bonchev–Trinajstić information content (AvgIpc) is 3.43. The van der Waals surface area contributed by atoms with Gasteiger partial charge in [0.25, 0.3) is 0 Å². The molecule has 0 aliphatic carbocycles. The quantitative estimate of drug-likeness (QED) is 0.470. The van der Waals surface area contributed by atoms with E-state index < -0.39 is 11.8 Å². The Bertz CT molecular complexity index is 1080. The molecule has 4 rings (SSSR count). The largest absolute Gasteiger partial charge is 0.497 e. The molecule has 0 saturated carbocycles. The number of anilines is 1. The summed E-state index contributed by atoms with van der Waals surface area (Å²) in [5, 5.41) is 7.65. The van der Waals surface area contributed by atoms with Crippen LogP contribution in [0, 0.1) is 0 Å². The molecular formula is C26H31N5O3S. The Labute approximate surface area is 209 Å². The van der Waals surface area contributed by atoms with Crippen molar-refractivity contribution in [2.75, 3.05) is 38.2 Å². The van der Waals surface area contributed by atoms with Gasteiger partial charge in [0.15, 0.2) is 0 Å². The number of nitrogens with one attached hydrogen (secondary N) is 2. The number of methoxy groups -OCH3 is 1. The van der Waals surface area contributed by atoms with Crippen LogP contribution in [-0.4, -0.2) is 61.0 Å². The van der Waals surface area contributed by atoms with Gasteiger partial charge in [-0.1, -0.05) is 12.1 Å². The molecule has 1 fully saturated rings. The van der Waals surface area contributed by atoms with Gasteiger partial charge in [0.05, 0.1) is 13.2 Å². The molecule has 1 aliphatic rings. The molecule has 3 heterocycles. The second kappa shape index (κ2) is 11.8. The van der Waals surface area contributed by atoms with Gasteiger partial charge in [-0.2, -0.15) is 0 Å². The Balaban J connectivity index is 1.36. The fourth-order valence-corrected chi connectivity index (χ4v) is 5.33. The van der Waals surface area contributed by atoms with Crippen LogP contribution in [0.25, 0.3) is 0 Å². The predicted octanol–water partition coefficient (Wildman–Crippen LogP) is 2.84. The topological polar surface area (TPSA) is 86.8 Å². The summed E-state index contributed by atoms with van der Waals surface area (Å²) in [6.45, 7) is 5.67. The summed E-state index contributed by atoms with van der Waals surface area (Å²) >= 11 is 1.67. The highest BCUT2D eigenvalue weighted by Gasteiger charge is 2.32. The van der Waals surface area contributed by atoms with Gasteiger partial charge in [0.1, 0.15) is 5.75 Å². The van der Waals surface area contributed by atoms with Gasteiger partial charge in [-0.05, 0) is 54.3 Å². The number of nitrogens with zero attached hydrogens (tertiary/aromatic N) is 3. The molecule has 0 radical (unpaired) electrons. The van der Waals surface area contributed by atoms with Crippen LogP contribution in [0.1, 0.15) is 23.4 Å². The molecule has 0 bridgehead atoms. The van der Waals surface area contributed by atoms with Gasteiger partial charge in [-0.25, -0.2) is 0 Å². The number of rotatable bonds is 8. The monoisotopic (exact) mass is 493 g/mol. The molecule has 3 aromatic rings. The maximum atomic E-state index is 12.6. The van der Waals surface area contributed by atoms with Crippen LogP contribution in [0.5, 0.6) is 5.75 Å². The highest BCUT2D eigenvalue weighted by atomic mass is 32.1. The molecule has 2 unspecified atom stereocenters. The number of hydrogen-bond donors (Lipinski definition) is 2. The molecule has 8 nitrogen and oxygen atoms in total. The SMILES string of the molecule is COc1ccc(N2CCN(C(c3cccs3)C(C)NC(=O)C(=O)NCc3cccnc3)CC2)cc1. The van der Waals surface area contributed by atoms with Crippen molar-refractivity contribution in [2.24, 2.45) is 0 Å². The van der Waals surface area contributed by atoms with E-state index in [4.69, 9.17) is 4.74 Å². The number of pyridine rings is 1. The lowest BCUT2D eigenvalue weighted by molar-refractivity contribution is -0.140. The molecule has 0 spiro atoms. The van der Waals surface area contributed by atoms with E-state index in [0.29, 0.717) is 0 Å². The number of benzene rings is 1.